The second-order valence-corrected chi connectivity index (χ2v) is 8.49. The van der Waals surface area contributed by atoms with Crippen LogP contribution in [-0.4, -0.2) is 60.7 Å². The molecule has 32 heavy (non-hydrogen) atoms. The number of nitrogens with one attached hydrogen (secondary N) is 2. The molecule has 0 radical (unpaired) electrons. The smallest absolute Gasteiger partial charge is 0.224 e. The fourth-order valence-corrected chi connectivity index (χ4v) is 4.46. The Balaban J connectivity index is 1.42. The van der Waals surface area contributed by atoms with E-state index in [4.69, 9.17) is 9.47 Å². The lowest BCUT2D eigenvalue weighted by Gasteiger charge is -2.37. The van der Waals surface area contributed by atoms with Crippen LogP contribution in [-0.2, 0) is 16.1 Å². The van der Waals surface area contributed by atoms with Gasteiger partial charge in [-0.15, -0.1) is 0 Å². The number of ether oxygens (including phenoxy) is 2. The molecular formula is C25H32N4O3. The van der Waals surface area contributed by atoms with E-state index in [1.165, 1.54) is 10.9 Å². The van der Waals surface area contributed by atoms with Gasteiger partial charge >= 0.3 is 0 Å². The molecule has 1 amide bonds. The summed E-state index contributed by atoms with van der Waals surface area (Å²) in [7, 11) is 1.68. The molecule has 170 valence electrons. The minimum absolute atomic E-state index is 0.0565. The van der Waals surface area contributed by atoms with Crippen LogP contribution < -0.4 is 10.1 Å². The number of amides is 1. The summed E-state index contributed by atoms with van der Waals surface area (Å²) in [4.78, 5) is 22.8. The number of carbonyl (C=O) groups excluding carboxylic acids is 1. The number of hydrogen-bond acceptors (Lipinski definition) is 5. The van der Waals surface area contributed by atoms with Crippen molar-refractivity contribution >= 4 is 16.8 Å². The third kappa shape index (κ3) is 5.87. The van der Waals surface area contributed by atoms with Crippen LogP contribution in [0.5, 0.6) is 5.75 Å². The van der Waals surface area contributed by atoms with Crippen LogP contribution in [0, 0.1) is 11.8 Å². The zero-order valence-corrected chi connectivity index (χ0v) is 18.6. The molecule has 1 aromatic carbocycles. The van der Waals surface area contributed by atoms with Gasteiger partial charge in [-0.1, -0.05) is 18.2 Å². The maximum atomic E-state index is 12.9. The normalized spacial score (nSPS) is 19.2. The van der Waals surface area contributed by atoms with Gasteiger partial charge < -0.3 is 19.8 Å². The largest absolute Gasteiger partial charge is 0.492 e. The highest BCUT2D eigenvalue weighted by molar-refractivity contribution is 5.83. The third-order valence-electron chi connectivity index (χ3n) is 6.00. The van der Waals surface area contributed by atoms with E-state index in [0.717, 1.165) is 43.7 Å². The number of carbonyl (C=O) groups is 1. The molecular weight excluding hydrogens is 404 g/mol. The summed E-state index contributed by atoms with van der Waals surface area (Å²) in [5.41, 5.74) is 2.40. The number of para-hydroxylation sites is 1. The number of aromatic amines is 1. The van der Waals surface area contributed by atoms with Crippen LogP contribution in [0.15, 0.2) is 55.0 Å². The molecule has 3 aromatic rings. The Hall–Kier alpha value is -2.90. The summed E-state index contributed by atoms with van der Waals surface area (Å²) in [6.07, 6.45) is 7.19. The third-order valence-corrected chi connectivity index (χ3v) is 6.00. The van der Waals surface area contributed by atoms with Crippen LogP contribution in [0.1, 0.15) is 18.4 Å². The van der Waals surface area contributed by atoms with E-state index in [1.807, 2.05) is 18.2 Å². The van der Waals surface area contributed by atoms with Crippen molar-refractivity contribution in [2.24, 2.45) is 11.8 Å². The average Bonchev–Trinajstić information content (AvgIpc) is 3.24. The molecule has 0 bridgehead atoms. The van der Waals surface area contributed by atoms with Gasteiger partial charge in [-0.3, -0.25) is 14.7 Å². The van der Waals surface area contributed by atoms with Crippen molar-refractivity contribution in [1.29, 1.82) is 0 Å². The number of piperidine rings is 1. The number of rotatable bonds is 10. The molecule has 0 unspecified atom stereocenters. The van der Waals surface area contributed by atoms with Gasteiger partial charge in [-0.2, -0.15) is 0 Å². The van der Waals surface area contributed by atoms with Gasteiger partial charge in [0.2, 0.25) is 5.91 Å². The minimum atomic E-state index is -0.0565. The summed E-state index contributed by atoms with van der Waals surface area (Å²) in [5.74, 6) is 1.10. The van der Waals surface area contributed by atoms with Crippen molar-refractivity contribution in [1.82, 2.24) is 20.2 Å². The molecule has 0 spiro atoms. The molecule has 2 N–H and O–H groups in total. The average molecular weight is 437 g/mol. The maximum Gasteiger partial charge on any atom is 0.224 e. The van der Waals surface area contributed by atoms with Crippen LogP contribution in [0.4, 0.5) is 0 Å². The van der Waals surface area contributed by atoms with E-state index in [2.05, 4.69) is 44.6 Å². The highest BCUT2D eigenvalue weighted by Gasteiger charge is 2.32. The van der Waals surface area contributed by atoms with Gasteiger partial charge in [0.25, 0.3) is 0 Å². The zero-order valence-electron chi connectivity index (χ0n) is 18.6. The first-order valence-corrected chi connectivity index (χ1v) is 11.3. The van der Waals surface area contributed by atoms with Crippen LogP contribution >= 0.6 is 0 Å². The molecule has 3 heterocycles. The molecule has 4 rings (SSSR count). The lowest BCUT2D eigenvalue weighted by atomic mass is 9.88. The Kier molecular flexibility index (Phi) is 7.74. The first-order valence-electron chi connectivity index (χ1n) is 11.3. The van der Waals surface area contributed by atoms with Crippen molar-refractivity contribution < 1.29 is 14.3 Å². The fraction of sp³-hybridized carbons (Fsp3) is 0.440. The second kappa shape index (κ2) is 11.1. The van der Waals surface area contributed by atoms with Gasteiger partial charge in [0.15, 0.2) is 0 Å². The van der Waals surface area contributed by atoms with E-state index >= 15 is 0 Å². The van der Waals surface area contributed by atoms with Crippen molar-refractivity contribution in [2.45, 2.75) is 19.4 Å². The van der Waals surface area contributed by atoms with Gasteiger partial charge in [0.05, 0.1) is 18.7 Å². The van der Waals surface area contributed by atoms with E-state index in [-0.39, 0.29) is 17.7 Å². The van der Waals surface area contributed by atoms with E-state index in [0.29, 0.717) is 19.8 Å². The molecule has 1 aliphatic heterocycles. The van der Waals surface area contributed by atoms with Gasteiger partial charge in [-0.25, -0.2) is 0 Å². The summed E-state index contributed by atoms with van der Waals surface area (Å²) in [5, 5.41) is 4.33. The Labute approximate surface area is 189 Å². The number of pyridine rings is 1. The van der Waals surface area contributed by atoms with Crippen molar-refractivity contribution in [3.8, 4) is 5.75 Å². The predicted octanol–water partition coefficient (Wildman–Crippen LogP) is 3.23. The fourth-order valence-electron chi connectivity index (χ4n) is 4.46. The Morgan fingerprint density at radius 3 is 3.00 bits per heavy atom. The van der Waals surface area contributed by atoms with E-state index < -0.39 is 0 Å². The Morgan fingerprint density at radius 1 is 1.25 bits per heavy atom. The number of nitrogens with zero attached hydrogens (tertiary/aromatic N) is 2. The first kappa shape index (κ1) is 22.3. The molecule has 1 saturated heterocycles. The standard InChI is InChI=1S/C25H32N4O3/c1-31-11-5-10-27-25(30)20-12-19(18-32-22-6-4-9-26-14-22)15-29(16-20)17-21-13-28-24-8-3-2-7-23(21)24/h2-4,6-9,13-14,19-20,28H,5,10-12,15-18H2,1H3,(H,27,30)/t19-,20+/m0/s1. The highest BCUT2D eigenvalue weighted by Crippen LogP contribution is 2.27. The van der Waals surface area contributed by atoms with Crippen LogP contribution in [0.3, 0.4) is 0 Å². The molecule has 2 aromatic heterocycles. The van der Waals surface area contributed by atoms with Crippen LogP contribution in [0.2, 0.25) is 0 Å². The minimum Gasteiger partial charge on any atom is -0.492 e. The van der Waals surface area contributed by atoms with Gasteiger partial charge in [0, 0.05) is 69.1 Å². The Morgan fingerprint density at radius 2 is 2.16 bits per heavy atom. The summed E-state index contributed by atoms with van der Waals surface area (Å²) >= 11 is 0. The van der Waals surface area contributed by atoms with E-state index in [9.17, 15) is 4.79 Å². The number of likely N-dealkylation sites (tertiary alicyclic amines) is 1. The summed E-state index contributed by atoms with van der Waals surface area (Å²) in [6, 6.07) is 12.1. The lowest BCUT2D eigenvalue weighted by molar-refractivity contribution is -0.127. The molecule has 7 nitrogen and oxygen atoms in total. The predicted molar refractivity (Wildman–Crippen MR) is 124 cm³/mol. The molecule has 2 atom stereocenters. The van der Waals surface area contributed by atoms with Crippen molar-refractivity contribution in [3.63, 3.8) is 0 Å². The molecule has 0 aliphatic carbocycles. The number of H-pyrrole nitrogens is 1. The SMILES string of the molecule is COCCCNC(=O)[C@@H]1C[C@H](COc2cccnc2)CN(Cc2c[nH]c3ccccc23)C1. The maximum absolute atomic E-state index is 12.9. The quantitative estimate of drug-likeness (QED) is 0.477. The number of aromatic nitrogens is 2. The number of hydrogen-bond donors (Lipinski definition) is 2. The molecule has 1 fully saturated rings. The highest BCUT2D eigenvalue weighted by atomic mass is 16.5. The van der Waals surface area contributed by atoms with Gasteiger partial charge in [0.1, 0.15) is 5.75 Å². The summed E-state index contributed by atoms with van der Waals surface area (Å²) in [6.45, 7) is 4.32. The second-order valence-electron chi connectivity index (χ2n) is 8.49. The first-order chi connectivity index (χ1) is 15.7. The number of methoxy groups -OCH3 is 1. The summed E-state index contributed by atoms with van der Waals surface area (Å²) < 4.78 is 11.1. The van der Waals surface area contributed by atoms with E-state index in [1.54, 1.807) is 19.5 Å². The molecule has 1 aliphatic rings. The monoisotopic (exact) mass is 436 g/mol. The molecule has 0 saturated carbocycles. The van der Waals surface area contributed by atoms with Crippen molar-refractivity contribution in [3.05, 3.63) is 60.6 Å². The van der Waals surface area contributed by atoms with Gasteiger partial charge in [-0.05, 0) is 36.6 Å². The lowest BCUT2D eigenvalue weighted by Crippen LogP contribution is -2.47. The zero-order chi connectivity index (χ0) is 22.2. The Bertz CT molecular complexity index is 991. The number of benzene rings is 1. The topological polar surface area (TPSA) is 79.5 Å². The number of fused-ring (bicyclic) bond motifs is 1. The van der Waals surface area contributed by atoms with Crippen LogP contribution in [0.25, 0.3) is 10.9 Å². The molecule has 7 heteroatoms. The van der Waals surface area contributed by atoms with Crippen molar-refractivity contribution in [2.75, 3.05) is 40.0 Å².